The van der Waals surface area contributed by atoms with Crippen molar-refractivity contribution in [2.75, 3.05) is 11.4 Å². The van der Waals surface area contributed by atoms with Crippen molar-refractivity contribution in [3.8, 4) is 0 Å². The van der Waals surface area contributed by atoms with Gasteiger partial charge in [-0.25, -0.2) is 4.39 Å². The van der Waals surface area contributed by atoms with E-state index in [1.165, 1.54) is 18.2 Å². The molecule has 0 aromatic heterocycles. The molecular weight excluding hydrogens is 299 g/mol. The van der Waals surface area contributed by atoms with E-state index in [0.717, 1.165) is 6.42 Å². The molecule has 1 aromatic rings. The molecule has 1 saturated heterocycles. The largest absolute Gasteiger partial charge is 0.393 e. The number of amides is 2. The number of hydrogen-bond acceptors (Lipinski definition) is 3. The molecule has 23 heavy (non-hydrogen) atoms. The smallest absolute Gasteiger partial charge is 0.254 e. The van der Waals surface area contributed by atoms with Crippen LogP contribution in [-0.4, -0.2) is 35.6 Å². The van der Waals surface area contributed by atoms with Crippen molar-refractivity contribution in [3.05, 3.63) is 29.6 Å². The first-order valence-electron chi connectivity index (χ1n) is 8.13. The number of aliphatic hydroxyl groups is 1. The van der Waals surface area contributed by atoms with Crippen molar-refractivity contribution in [1.29, 1.82) is 0 Å². The maximum Gasteiger partial charge on any atom is 0.254 e. The van der Waals surface area contributed by atoms with E-state index in [1.807, 2.05) is 0 Å². The summed E-state index contributed by atoms with van der Waals surface area (Å²) in [4.78, 5) is 25.7. The van der Waals surface area contributed by atoms with Gasteiger partial charge in [0.05, 0.1) is 11.7 Å². The summed E-state index contributed by atoms with van der Waals surface area (Å²) >= 11 is 0. The number of carbonyl (C=O) groups is 2. The van der Waals surface area contributed by atoms with Crippen molar-refractivity contribution in [2.45, 2.75) is 50.7 Å². The van der Waals surface area contributed by atoms with E-state index in [0.29, 0.717) is 44.3 Å². The number of rotatable bonds is 3. The van der Waals surface area contributed by atoms with E-state index in [-0.39, 0.29) is 23.6 Å². The van der Waals surface area contributed by atoms with Gasteiger partial charge < -0.3 is 15.3 Å². The molecule has 0 atom stereocenters. The Morgan fingerprint density at radius 1 is 1.26 bits per heavy atom. The van der Waals surface area contributed by atoms with Crippen LogP contribution in [-0.2, 0) is 4.79 Å². The lowest BCUT2D eigenvalue weighted by Crippen LogP contribution is -2.39. The summed E-state index contributed by atoms with van der Waals surface area (Å²) in [7, 11) is 0. The van der Waals surface area contributed by atoms with Gasteiger partial charge in [0.1, 0.15) is 5.82 Å². The van der Waals surface area contributed by atoms with Crippen molar-refractivity contribution < 1.29 is 19.1 Å². The molecule has 0 unspecified atom stereocenters. The van der Waals surface area contributed by atoms with Crippen LogP contribution in [0.4, 0.5) is 10.1 Å². The normalized spacial score (nSPS) is 24.8. The van der Waals surface area contributed by atoms with E-state index in [1.54, 1.807) is 4.90 Å². The second-order valence-corrected chi connectivity index (χ2v) is 6.29. The average Bonchev–Trinajstić information content (AvgIpc) is 2.96. The summed E-state index contributed by atoms with van der Waals surface area (Å²) in [5.74, 6) is -1.05. The van der Waals surface area contributed by atoms with Gasteiger partial charge in [0.2, 0.25) is 5.91 Å². The standard InChI is InChI=1S/C17H21FN2O3/c18-15-8-5-12(20-9-1-2-16(20)22)10-14(15)17(23)19-11-3-6-13(21)7-4-11/h5,8,10-11,13,21H,1-4,6-7,9H2,(H,19,23). The number of halogens is 1. The first kappa shape index (κ1) is 15.9. The zero-order valence-electron chi connectivity index (χ0n) is 12.9. The summed E-state index contributed by atoms with van der Waals surface area (Å²) in [6.45, 7) is 0.603. The van der Waals surface area contributed by atoms with E-state index >= 15 is 0 Å². The molecule has 5 nitrogen and oxygen atoms in total. The minimum Gasteiger partial charge on any atom is -0.393 e. The quantitative estimate of drug-likeness (QED) is 0.895. The minimum absolute atomic E-state index is 0.00392. The number of benzene rings is 1. The highest BCUT2D eigenvalue weighted by atomic mass is 19.1. The molecule has 0 radical (unpaired) electrons. The highest BCUT2D eigenvalue weighted by Crippen LogP contribution is 2.24. The summed E-state index contributed by atoms with van der Waals surface area (Å²) < 4.78 is 14.0. The van der Waals surface area contributed by atoms with Crippen LogP contribution in [0.3, 0.4) is 0 Å². The lowest BCUT2D eigenvalue weighted by atomic mass is 9.93. The van der Waals surface area contributed by atoms with Gasteiger partial charge in [0, 0.05) is 24.7 Å². The first-order chi connectivity index (χ1) is 11.0. The van der Waals surface area contributed by atoms with Gasteiger partial charge in [0.25, 0.3) is 5.91 Å². The molecule has 0 bridgehead atoms. The summed E-state index contributed by atoms with van der Waals surface area (Å²) in [5, 5.41) is 12.3. The number of nitrogens with zero attached hydrogens (tertiary/aromatic N) is 1. The fraction of sp³-hybridized carbons (Fsp3) is 0.529. The summed E-state index contributed by atoms with van der Waals surface area (Å²) in [6.07, 6.45) is 3.65. The minimum atomic E-state index is -0.589. The van der Waals surface area contributed by atoms with Gasteiger partial charge in [0.15, 0.2) is 0 Å². The molecule has 124 valence electrons. The van der Waals surface area contributed by atoms with Crippen LogP contribution in [0.2, 0.25) is 0 Å². The number of aliphatic hydroxyl groups excluding tert-OH is 1. The number of carbonyl (C=O) groups excluding carboxylic acids is 2. The van der Waals surface area contributed by atoms with Crippen molar-refractivity contribution in [3.63, 3.8) is 0 Å². The summed E-state index contributed by atoms with van der Waals surface area (Å²) in [6, 6.07) is 4.18. The van der Waals surface area contributed by atoms with Crippen LogP contribution in [0.5, 0.6) is 0 Å². The second kappa shape index (κ2) is 6.66. The lowest BCUT2D eigenvalue weighted by Gasteiger charge is -2.26. The fourth-order valence-corrected chi connectivity index (χ4v) is 3.26. The Hall–Kier alpha value is -1.95. The maximum absolute atomic E-state index is 14.0. The van der Waals surface area contributed by atoms with Gasteiger partial charge >= 0.3 is 0 Å². The van der Waals surface area contributed by atoms with Gasteiger partial charge in [-0.2, -0.15) is 0 Å². The topological polar surface area (TPSA) is 69.6 Å². The molecule has 0 spiro atoms. The highest BCUT2D eigenvalue weighted by molar-refractivity contribution is 5.99. The molecule has 6 heteroatoms. The predicted octanol–water partition coefficient (Wildman–Crippen LogP) is 1.99. The van der Waals surface area contributed by atoms with Crippen LogP contribution < -0.4 is 10.2 Å². The Morgan fingerprint density at radius 2 is 2.00 bits per heavy atom. The SMILES string of the molecule is O=C(NC1CCC(O)CC1)c1cc(N2CCCC2=O)ccc1F. The Bertz CT molecular complexity index is 612. The summed E-state index contributed by atoms with van der Waals surface area (Å²) in [5.41, 5.74) is 0.534. The molecule has 2 N–H and O–H groups in total. The molecular formula is C17H21FN2O3. The van der Waals surface area contributed by atoms with Crippen LogP contribution in [0.1, 0.15) is 48.9 Å². The van der Waals surface area contributed by atoms with Crippen molar-refractivity contribution >= 4 is 17.5 Å². The van der Waals surface area contributed by atoms with Crippen LogP contribution >= 0.6 is 0 Å². The zero-order valence-corrected chi connectivity index (χ0v) is 12.9. The predicted molar refractivity (Wildman–Crippen MR) is 83.7 cm³/mol. The number of hydrogen-bond donors (Lipinski definition) is 2. The van der Waals surface area contributed by atoms with Crippen LogP contribution in [0, 0.1) is 5.82 Å². The van der Waals surface area contributed by atoms with E-state index in [2.05, 4.69) is 5.32 Å². The molecule has 2 aliphatic rings. The van der Waals surface area contributed by atoms with E-state index < -0.39 is 11.7 Å². The third-order valence-corrected chi connectivity index (χ3v) is 4.61. The Morgan fingerprint density at radius 3 is 2.65 bits per heavy atom. The molecule has 2 fully saturated rings. The Kier molecular flexibility index (Phi) is 4.61. The Labute approximate surface area is 134 Å². The van der Waals surface area contributed by atoms with Gasteiger partial charge in [-0.3, -0.25) is 9.59 Å². The second-order valence-electron chi connectivity index (χ2n) is 6.29. The van der Waals surface area contributed by atoms with Crippen LogP contribution in [0.15, 0.2) is 18.2 Å². The van der Waals surface area contributed by atoms with Gasteiger partial charge in [-0.15, -0.1) is 0 Å². The first-order valence-corrected chi connectivity index (χ1v) is 8.13. The number of anilines is 1. The molecule has 1 aromatic carbocycles. The zero-order chi connectivity index (χ0) is 16.4. The lowest BCUT2D eigenvalue weighted by molar-refractivity contribution is -0.117. The van der Waals surface area contributed by atoms with E-state index in [4.69, 9.17) is 0 Å². The maximum atomic E-state index is 14.0. The van der Waals surface area contributed by atoms with E-state index in [9.17, 15) is 19.1 Å². The van der Waals surface area contributed by atoms with Gasteiger partial charge in [-0.1, -0.05) is 0 Å². The fourth-order valence-electron chi connectivity index (χ4n) is 3.26. The van der Waals surface area contributed by atoms with Crippen molar-refractivity contribution in [2.24, 2.45) is 0 Å². The highest BCUT2D eigenvalue weighted by Gasteiger charge is 2.25. The third kappa shape index (κ3) is 3.52. The molecule has 1 aliphatic heterocycles. The monoisotopic (exact) mass is 320 g/mol. The molecule has 1 saturated carbocycles. The molecule has 1 aliphatic carbocycles. The van der Waals surface area contributed by atoms with Crippen LogP contribution in [0.25, 0.3) is 0 Å². The van der Waals surface area contributed by atoms with Gasteiger partial charge in [-0.05, 0) is 50.3 Å². The third-order valence-electron chi connectivity index (χ3n) is 4.61. The number of nitrogens with one attached hydrogen (secondary N) is 1. The molecule has 3 rings (SSSR count). The van der Waals surface area contributed by atoms with Crippen molar-refractivity contribution in [1.82, 2.24) is 5.32 Å². The average molecular weight is 320 g/mol. The Balaban J connectivity index is 1.73. The molecule has 1 heterocycles. The molecule has 2 amide bonds.